The molecule has 1 aromatic carbocycles. The molecule has 1 N–H and O–H groups in total. The molecule has 2 aromatic rings. The molecule has 0 radical (unpaired) electrons. The number of benzene rings is 1. The van der Waals surface area contributed by atoms with Crippen LogP contribution < -0.4 is 5.32 Å². The Balaban J connectivity index is 1.70. The van der Waals surface area contributed by atoms with Gasteiger partial charge in [0.25, 0.3) is 0 Å². The number of hydrogen-bond donors (Lipinski definition) is 1. The zero-order chi connectivity index (χ0) is 14.7. The fourth-order valence-corrected chi connectivity index (χ4v) is 2.71. The van der Waals surface area contributed by atoms with E-state index in [4.69, 9.17) is 0 Å². The number of hydrogen-bond acceptors (Lipinski definition) is 5. The van der Waals surface area contributed by atoms with Gasteiger partial charge in [-0.1, -0.05) is 30.3 Å². The molecule has 6 nitrogen and oxygen atoms in total. The molecule has 2 heterocycles. The third-order valence-corrected chi connectivity index (χ3v) is 4.02. The van der Waals surface area contributed by atoms with Gasteiger partial charge in [0.05, 0.1) is 13.1 Å². The molecule has 112 valence electrons. The summed E-state index contributed by atoms with van der Waals surface area (Å²) in [6.07, 6.45) is 0. The zero-order valence-electron chi connectivity index (χ0n) is 12.6. The molecule has 1 fully saturated rings. The maximum Gasteiger partial charge on any atom is 0.165 e. The standard InChI is InChI=1S/C15H22N6/c1-12-9-20(13(2)8-16-12)11-15-17-18-19-21(15)10-14-6-4-3-5-7-14/h3-7,12-13,16H,8-11H2,1-2H3. The van der Waals surface area contributed by atoms with Crippen LogP contribution in [0.25, 0.3) is 0 Å². The predicted molar refractivity (Wildman–Crippen MR) is 80.7 cm³/mol. The fraction of sp³-hybridized carbons (Fsp3) is 0.533. The smallest absolute Gasteiger partial charge is 0.165 e. The largest absolute Gasteiger partial charge is 0.311 e. The van der Waals surface area contributed by atoms with E-state index in [-0.39, 0.29) is 0 Å². The molecule has 0 saturated carbocycles. The first-order chi connectivity index (χ1) is 10.2. The van der Waals surface area contributed by atoms with Gasteiger partial charge in [-0.15, -0.1) is 5.10 Å². The summed E-state index contributed by atoms with van der Waals surface area (Å²) in [6.45, 7) is 8.02. The summed E-state index contributed by atoms with van der Waals surface area (Å²) in [5.74, 6) is 0.930. The molecule has 2 atom stereocenters. The second-order valence-electron chi connectivity index (χ2n) is 5.83. The van der Waals surface area contributed by atoms with E-state index in [0.29, 0.717) is 12.1 Å². The lowest BCUT2D eigenvalue weighted by Gasteiger charge is -2.37. The van der Waals surface area contributed by atoms with Gasteiger partial charge < -0.3 is 5.32 Å². The van der Waals surface area contributed by atoms with Crippen molar-refractivity contribution in [1.29, 1.82) is 0 Å². The topological polar surface area (TPSA) is 58.9 Å². The number of piperazine rings is 1. The summed E-state index contributed by atoms with van der Waals surface area (Å²) in [6, 6.07) is 11.3. The minimum Gasteiger partial charge on any atom is -0.311 e. The van der Waals surface area contributed by atoms with Crippen LogP contribution in [0.3, 0.4) is 0 Å². The molecule has 3 rings (SSSR count). The monoisotopic (exact) mass is 286 g/mol. The van der Waals surface area contributed by atoms with Crippen molar-refractivity contribution in [2.75, 3.05) is 13.1 Å². The summed E-state index contributed by atoms with van der Waals surface area (Å²) in [5.41, 5.74) is 1.22. The Morgan fingerprint density at radius 3 is 2.81 bits per heavy atom. The van der Waals surface area contributed by atoms with Gasteiger partial charge in [0.2, 0.25) is 0 Å². The van der Waals surface area contributed by atoms with Gasteiger partial charge in [0.15, 0.2) is 5.82 Å². The van der Waals surface area contributed by atoms with Gasteiger partial charge in [0, 0.05) is 25.2 Å². The molecule has 1 aliphatic heterocycles. The van der Waals surface area contributed by atoms with Crippen LogP contribution >= 0.6 is 0 Å². The number of nitrogens with zero attached hydrogens (tertiary/aromatic N) is 5. The fourth-order valence-electron chi connectivity index (χ4n) is 2.71. The molecule has 0 bridgehead atoms. The minimum absolute atomic E-state index is 0.503. The van der Waals surface area contributed by atoms with E-state index < -0.39 is 0 Å². The molecule has 0 spiro atoms. The van der Waals surface area contributed by atoms with E-state index in [0.717, 1.165) is 32.0 Å². The van der Waals surface area contributed by atoms with Crippen molar-refractivity contribution in [2.24, 2.45) is 0 Å². The van der Waals surface area contributed by atoms with E-state index in [1.807, 2.05) is 22.9 Å². The lowest BCUT2D eigenvalue weighted by Crippen LogP contribution is -2.54. The van der Waals surface area contributed by atoms with Gasteiger partial charge in [0.1, 0.15) is 0 Å². The molecule has 1 aliphatic rings. The van der Waals surface area contributed by atoms with Gasteiger partial charge in [-0.25, -0.2) is 4.68 Å². The quantitative estimate of drug-likeness (QED) is 0.905. The highest BCUT2D eigenvalue weighted by Crippen LogP contribution is 2.11. The molecular formula is C15H22N6. The van der Waals surface area contributed by atoms with Crippen LogP contribution in [0, 0.1) is 0 Å². The second-order valence-corrected chi connectivity index (χ2v) is 5.83. The maximum absolute atomic E-state index is 4.21. The minimum atomic E-state index is 0.503. The van der Waals surface area contributed by atoms with Crippen molar-refractivity contribution >= 4 is 0 Å². The lowest BCUT2D eigenvalue weighted by atomic mass is 10.1. The molecule has 0 amide bonds. The van der Waals surface area contributed by atoms with Crippen LogP contribution in [0.4, 0.5) is 0 Å². The Bertz CT molecular complexity index is 567. The average molecular weight is 286 g/mol. The van der Waals surface area contributed by atoms with Crippen molar-refractivity contribution in [3.8, 4) is 0 Å². The number of tetrazole rings is 1. The van der Waals surface area contributed by atoms with Crippen LogP contribution in [0.15, 0.2) is 30.3 Å². The lowest BCUT2D eigenvalue weighted by molar-refractivity contribution is 0.133. The molecule has 2 unspecified atom stereocenters. The average Bonchev–Trinajstić information content (AvgIpc) is 2.91. The normalized spacial score (nSPS) is 23.3. The first kappa shape index (κ1) is 14.2. The molecular weight excluding hydrogens is 264 g/mol. The Hall–Kier alpha value is -1.79. The van der Waals surface area contributed by atoms with E-state index >= 15 is 0 Å². The first-order valence-electron chi connectivity index (χ1n) is 7.49. The highest BCUT2D eigenvalue weighted by atomic mass is 15.5. The van der Waals surface area contributed by atoms with Gasteiger partial charge in [-0.2, -0.15) is 0 Å². The Morgan fingerprint density at radius 2 is 2.00 bits per heavy atom. The SMILES string of the molecule is CC1CN(Cc2nnnn2Cc2ccccc2)C(C)CN1. The summed E-state index contributed by atoms with van der Waals surface area (Å²) >= 11 is 0. The van der Waals surface area contributed by atoms with Crippen molar-refractivity contribution < 1.29 is 0 Å². The molecule has 6 heteroatoms. The maximum atomic E-state index is 4.21. The van der Waals surface area contributed by atoms with E-state index in [9.17, 15) is 0 Å². The summed E-state index contributed by atoms with van der Waals surface area (Å²) in [7, 11) is 0. The molecule has 1 aromatic heterocycles. The van der Waals surface area contributed by atoms with Crippen LogP contribution in [-0.4, -0.2) is 50.3 Å². The van der Waals surface area contributed by atoms with Gasteiger partial charge in [-0.05, 0) is 29.8 Å². The van der Waals surface area contributed by atoms with E-state index in [1.165, 1.54) is 5.56 Å². The van der Waals surface area contributed by atoms with Gasteiger partial charge in [-0.3, -0.25) is 4.90 Å². The Kier molecular flexibility index (Phi) is 4.26. The van der Waals surface area contributed by atoms with Crippen LogP contribution in [0.2, 0.25) is 0 Å². The predicted octanol–water partition coefficient (Wildman–Crippen LogP) is 0.904. The third kappa shape index (κ3) is 3.46. The first-order valence-corrected chi connectivity index (χ1v) is 7.49. The number of nitrogens with one attached hydrogen (secondary N) is 1. The summed E-state index contributed by atoms with van der Waals surface area (Å²) in [5, 5.41) is 15.7. The Labute approximate surface area is 125 Å². The summed E-state index contributed by atoms with van der Waals surface area (Å²) < 4.78 is 1.90. The highest BCUT2D eigenvalue weighted by Gasteiger charge is 2.24. The van der Waals surface area contributed by atoms with Crippen molar-refractivity contribution in [1.82, 2.24) is 30.4 Å². The number of rotatable bonds is 4. The molecule has 1 saturated heterocycles. The Morgan fingerprint density at radius 1 is 1.19 bits per heavy atom. The highest BCUT2D eigenvalue weighted by molar-refractivity contribution is 5.14. The third-order valence-electron chi connectivity index (χ3n) is 4.02. The second kappa shape index (κ2) is 6.32. The van der Waals surface area contributed by atoms with Crippen LogP contribution in [0.5, 0.6) is 0 Å². The van der Waals surface area contributed by atoms with Crippen molar-refractivity contribution in [3.05, 3.63) is 41.7 Å². The summed E-state index contributed by atoms with van der Waals surface area (Å²) in [4.78, 5) is 2.44. The zero-order valence-corrected chi connectivity index (χ0v) is 12.6. The van der Waals surface area contributed by atoms with E-state index in [2.05, 4.69) is 51.7 Å². The van der Waals surface area contributed by atoms with Crippen molar-refractivity contribution in [3.63, 3.8) is 0 Å². The van der Waals surface area contributed by atoms with Crippen LogP contribution in [-0.2, 0) is 13.1 Å². The van der Waals surface area contributed by atoms with Crippen molar-refractivity contribution in [2.45, 2.75) is 39.0 Å². The number of aromatic nitrogens is 4. The van der Waals surface area contributed by atoms with E-state index in [1.54, 1.807) is 0 Å². The van der Waals surface area contributed by atoms with Gasteiger partial charge >= 0.3 is 0 Å². The molecule has 21 heavy (non-hydrogen) atoms. The van der Waals surface area contributed by atoms with Crippen LogP contribution in [0.1, 0.15) is 25.2 Å². The molecule has 0 aliphatic carbocycles.